The van der Waals surface area contributed by atoms with Gasteiger partial charge in [-0.15, -0.1) is 4.98 Å². The molecule has 0 aliphatic carbocycles. The lowest BCUT2D eigenvalue weighted by Crippen LogP contribution is -2.24. The van der Waals surface area contributed by atoms with Crippen molar-refractivity contribution in [3.63, 3.8) is 0 Å². The molecule has 1 N–H and O–H groups in total. The van der Waals surface area contributed by atoms with Crippen molar-refractivity contribution in [2.75, 3.05) is 20.8 Å². The van der Waals surface area contributed by atoms with Gasteiger partial charge in [-0.2, -0.15) is 9.97 Å². The summed E-state index contributed by atoms with van der Waals surface area (Å²) < 4.78 is 42.6. The average molecular weight is 382 g/mol. The summed E-state index contributed by atoms with van der Waals surface area (Å²) in [6.45, 7) is 2.54. The van der Waals surface area contributed by atoms with Gasteiger partial charge in [0.2, 0.25) is 10.0 Å². The third-order valence-corrected chi connectivity index (χ3v) is 4.74. The summed E-state index contributed by atoms with van der Waals surface area (Å²) in [5.41, 5.74) is 0. The van der Waals surface area contributed by atoms with Gasteiger partial charge >= 0.3 is 12.0 Å². The maximum Gasteiger partial charge on any atom is 0.322 e. The maximum atomic E-state index is 12.4. The fourth-order valence-electron chi connectivity index (χ4n) is 1.93. The molecule has 1 heterocycles. The quantitative estimate of drug-likeness (QED) is 0.616. The maximum absolute atomic E-state index is 12.4. The van der Waals surface area contributed by atoms with E-state index in [-0.39, 0.29) is 29.3 Å². The molecule has 0 spiro atoms. The number of unbranched alkanes of at least 4 members (excludes halogenated alkanes) is 1. The molecule has 1 aromatic heterocycles. The number of benzene rings is 1. The number of aromatic nitrogens is 3. The molecule has 0 saturated heterocycles. The van der Waals surface area contributed by atoms with Crippen molar-refractivity contribution in [2.24, 2.45) is 0 Å². The minimum Gasteiger partial charge on any atom is -0.494 e. The van der Waals surface area contributed by atoms with Crippen molar-refractivity contribution in [1.29, 1.82) is 0 Å². The molecule has 1 aromatic carbocycles. The Hall–Kier alpha value is -2.46. The SMILES string of the molecule is CCCCOc1ccc(S(=O)(=O)NCc2nc(OC)nc(OC)n2)cc1. The summed E-state index contributed by atoms with van der Waals surface area (Å²) in [5, 5.41) is 0. The molecule has 0 fully saturated rings. The minimum atomic E-state index is -3.73. The second-order valence-corrected chi connectivity index (χ2v) is 6.99. The molecule has 26 heavy (non-hydrogen) atoms. The van der Waals surface area contributed by atoms with E-state index in [1.165, 1.54) is 26.4 Å². The highest BCUT2D eigenvalue weighted by atomic mass is 32.2. The molecule has 0 aliphatic rings. The highest BCUT2D eigenvalue weighted by Gasteiger charge is 2.16. The van der Waals surface area contributed by atoms with Crippen LogP contribution in [-0.2, 0) is 16.6 Å². The monoisotopic (exact) mass is 382 g/mol. The summed E-state index contributed by atoms with van der Waals surface area (Å²) in [5.74, 6) is 0.807. The molecule has 9 nitrogen and oxygen atoms in total. The molecule has 10 heteroatoms. The van der Waals surface area contributed by atoms with Crippen LogP contribution in [0.1, 0.15) is 25.6 Å². The molecule has 0 unspecified atom stereocenters. The van der Waals surface area contributed by atoms with Crippen LogP contribution in [-0.4, -0.2) is 44.2 Å². The number of sulfonamides is 1. The van der Waals surface area contributed by atoms with E-state index in [2.05, 4.69) is 26.6 Å². The Morgan fingerprint density at radius 2 is 1.62 bits per heavy atom. The first-order valence-corrected chi connectivity index (χ1v) is 9.52. The molecule has 0 atom stereocenters. The van der Waals surface area contributed by atoms with Crippen molar-refractivity contribution in [3.05, 3.63) is 30.1 Å². The van der Waals surface area contributed by atoms with E-state index < -0.39 is 10.0 Å². The van der Waals surface area contributed by atoms with E-state index in [9.17, 15) is 8.42 Å². The van der Waals surface area contributed by atoms with Crippen molar-refractivity contribution in [3.8, 4) is 17.8 Å². The zero-order valence-corrected chi connectivity index (χ0v) is 15.7. The summed E-state index contributed by atoms with van der Waals surface area (Å²) in [7, 11) is -0.936. The molecule has 0 bridgehead atoms. The first-order valence-electron chi connectivity index (χ1n) is 8.04. The van der Waals surface area contributed by atoms with Gasteiger partial charge in [-0.05, 0) is 30.7 Å². The van der Waals surface area contributed by atoms with E-state index >= 15 is 0 Å². The normalized spacial score (nSPS) is 11.2. The van der Waals surface area contributed by atoms with Crippen LogP contribution >= 0.6 is 0 Å². The summed E-state index contributed by atoms with van der Waals surface area (Å²) >= 11 is 0. The summed E-state index contributed by atoms with van der Waals surface area (Å²) in [6.07, 6.45) is 1.98. The Morgan fingerprint density at radius 3 is 2.15 bits per heavy atom. The van der Waals surface area contributed by atoms with Crippen molar-refractivity contribution < 1.29 is 22.6 Å². The fourth-order valence-corrected chi connectivity index (χ4v) is 2.91. The van der Waals surface area contributed by atoms with Gasteiger partial charge in [0, 0.05) is 0 Å². The van der Waals surface area contributed by atoms with Gasteiger partial charge in [0.05, 0.1) is 32.3 Å². The predicted molar refractivity (Wildman–Crippen MR) is 93.8 cm³/mol. The van der Waals surface area contributed by atoms with Gasteiger partial charge in [0.25, 0.3) is 0 Å². The Bertz CT molecular complexity index is 790. The topological polar surface area (TPSA) is 113 Å². The number of methoxy groups -OCH3 is 2. The third kappa shape index (κ3) is 5.53. The number of hydrogen-bond donors (Lipinski definition) is 1. The zero-order chi connectivity index (χ0) is 19.0. The minimum absolute atomic E-state index is 0.0413. The van der Waals surface area contributed by atoms with Crippen LogP contribution in [0.15, 0.2) is 29.2 Å². The molecule has 142 valence electrons. The number of nitrogens with one attached hydrogen (secondary N) is 1. The zero-order valence-electron chi connectivity index (χ0n) is 14.9. The van der Waals surface area contributed by atoms with E-state index in [1.54, 1.807) is 12.1 Å². The van der Waals surface area contributed by atoms with Crippen LogP contribution in [0.3, 0.4) is 0 Å². The van der Waals surface area contributed by atoms with Crippen LogP contribution in [0.5, 0.6) is 17.8 Å². The lowest BCUT2D eigenvalue weighted by molar-refractivity contribution is 0.309. The van der Waals surface area contributed by atoms with E-state index in [0.717, 1.165) is 12.8 Å². The van der Waals surface area contributed by atoms with Gasteiger partial charge in [-0.1, -0.05) is 13.3 Å². The Balaban J connectivity index is 2.04. The Labute approximate surface area is 152 Å². The summed E-state index contributed by atoms with van der Waals surface area (Å²) in [4.78, 5) is 11.9. The van der Waals surface area contributed by atoms with Crippen molar-refractivity contribution >= 4 is 10.0 Å². The first-order chi connectivity index (χ1) is 12.5. The van der Waals surface area contributed by atoms with Gasteiger partial charge in [-0.25, -0.2) is 13.1 Å². The predicted octanol–water partition coefficient (Wildman–Crippen LogP) is 1.55. The molecule has 0 amide bonds. The molecule has 0 radical (unpaired) electrons. The van der Waals surface area contributed by atoms with Crippen LogP contribution in [0.25, 0.3) is 0 Å². The number of nitrogens with zero attached hydrogens (tertiary/aromatic N) is 3. The molecule has 2 aromatic rings. The second kappa shape index (κ2) is 9.30. The smallest absolute Gasteiger partial charge is 0.322 e. The lowest BCUT2D eigenvalue weighted by atomic mass is 10.3. The van der Waals surface area contributed by atoms with Crippen molar-refractivity contribution in [2.45, 2.75) is 31.2 Å². The fraction of sp³-hybridized carbons (Fsp3) is 0.438. The van der Waals surface area contributed by atoms with E-state index in [1.807, 2.05) is 0 Å². The highest BCUT2D eigenvalue weighted by molar-refractivity contribution is 7.89. The number of rotatable bonds is 10. The molecule has 0 aliphatic heterocycles. The largest absolute Gasteiger partial charge is 0.494 e. The van der Waals surface area contributed by atoms with E-state index in [0.29, 0.717) is 12.4 Å². The Kier molecular flexibility index (Phi) is 7.10. The van der Waals surface area contributed by atoms with Gasteiger partial charge in [0.1, 0.15) is 5.75 Å². The molecule has 0 saturated carbocycles. The van der Waals surface area contributed by atoms with Gasteiger partial charge in [0.15, 0.2) is 5.82 Å². The van der Waals surface area contributed by atoms with Crippen molar-refractivity contribution in [1.82, 2.24) is 19.7 Å². The summed E-state index contributed by atoms with van der Waals surface area (Å²) in [6, 6.07) is 6.30. The van der Waals surface area contributed by atoms with E-state index in [4.69, 9.17) is 14.2 Å². The molecular weight excluding hydrogens is 360 g/mol. The third-order valence-electron chi connectivity index (χ3n) is 3.33. The van der Waals surface area contributed by atoms with Gasteiger partial charge < -0.3 is 14.2 Å². The highest BCUT2D eigenvalue weighted by Crippen LogP contribution is 2.17. The van der Waals surface area contributed by atoms with Crippen LogP contribution < -0.4 is 18.9 Å². The second-order valence-electron chi connectivity index (χ2n) is 5.22. The van der Waals surface area contributed by atoms with Crippen LogP contribution in [0, 0.1) is 0 Å². The number of ether oxygens (including phenoxy) is 3. The standard InChI is InChI=1S/C16H22N4O5S/c1-4-5-10-25-12-6-8-13(9-7-12)26(21,22)17-11-14-18-15(23-2)20-16(19-14)24-3/h6-9,17H,4-5,10-11H2,1-3H3. The van der Waals surface area contributed by atoms with Gasteiger partial charge in [-0.3, -0.25) is 0 Å². The van der Waals surface area contributed by atoms with Crippen LogP contribution in [0.2, 0.25) is 0 Å². The number of hydrogen-bond acceptors (Lipinski definition) is 8. The van der Waals surface area contributed by atoms with Crippen LogP contribution in [0.4, 0.5) is 0 Å². The Morgan fingerprint density at radius 1 is 1.00 bits per heavy atom. The lowest BCUT2D eigenvalue weighted by Gasteiger charge is -2.09. The molecular formula is C16H22N4O5S. The first kappa shape index (κ1) is 19.9. The molecule has 2 rings (SSSR count). The average Bonchev–Trinajstić information content (AvgIpc) is 2.66.